The molecule has 0 fully saturated rings. The van der Waals surface area contributed by atoms with Crippen LogP contribution in [0.15, 0.2) is 42.6 Å². The molecule has 0 atom stereocenters. The van der Waals surface area contributed by atoms with E-state index in [9.17, 15) is 4.79 Å². The van der Waals surface area contributed by atoms with Crippen molar-refractivity contribution in [2.24, 2.45) is 5.92 Å². The van der Waals surface area contributed by atoms with Crippen molar-refractivity contribution < 1.29 is 9.53 Å². The van der Waals surface area contributed by atoms with Crippen LogP contribution in [0, 0.1) is 19.8 Å². The van der Waals surface area contributed by atoms with Crippen molar-refractivity contribution in [2.45, 2.75) is 27.7 Å². The molecule has 0 saturated heterocycles. The third-order valence-corrected chi connectivity index (χ3v) is 3.85. The fourth-order valence-electron chi connectivity index (χ4n) is 2.63. The molecule has 130 valence electrons. The van der Waals surface area contributed by atoms with Crippen LogP contribution in [0.1, 0.15) is 35.6 Å². The van der Waals surface area contributed by atoms with E-state index in [1.165, 1.54) is 0 Å². The smallest absolute Gasteiger partial charge is 0.274 e. The topological polar surface area (TPSA) is 55.6 Å². The molecule has 0 aliphatic heterocycles. The van der Waals surface area contributed by atoms with Crippen LogP contribution in [0.3, 0.4) is 0 Å². The summed E-state index contributed by atoms with van der Waals surface area (Å²) in [4.78, 5) is 17.2. The van der Waals surface area contributed by atoms with Crippen LogP contribution >= 0.6 is 0 Å². The van der Waals surface area contributed by atoms with Gasteiger partial charge in [-0.3, -0.25) is 9.20 Å². The maximum atomic E-state index is 12.7. The lowest BCUT2D eigenvalue weighted by Crippen LogP contribution is -2.15. The molecule has 2 aromatic heterocycles. The van der Waals surface area contributed by atoms with Crippen molar-refractivity contribution in [3.05, 3.63) is 59.5 Å². The molecular weight excluding hydrogens is 314 g/mol. The number of nitrogens with one attached hydrogen (secondary N) is 1. The summed E-state index contributed by atoms with van der Waals surface area (Å²) in [5, 5.41) is 2.93. The average Bonchev–Trinajstić information content (AvgIpc) is 2.89. The van der Waals surface area contributed by atoms with Crippen LogP contribution in [0.5, 0.6) is 5.75 Å². The second-order valence-electron chi connectivity index (χ2n) is 6.66. The zero-order valence-electron chi connectivity index (χ0n) is 15.0. The summed E-state index contributed by atoms with van der Waals surface area (Å²) in [5.41, 5.74) is 3.83. The van der Waals surface area contributed by atoms with Crippen molar-refractivity contribution in [2.75, 3.05) is 11.9 Å². The van der Waals surface area contributed by atoms with Gasteiger partial charge in [0.15, 0.2) is 0 Å². The fourth-order valence-corrected chi connectivity index (χ4v) is 2.63. The number of anilines is 1. The van der Waals surface area contributed by atoms with Gasteiger partial charge in [0, 0.05) is 11.9 Å². The minimum absolute atomic E-state index is 0.175. The van der Waals surface area contributed by atoms with Gasteiger partial charge in [0.2, 0.25) is 0 Å². The van der Waals surface area contributed by atoms with Crippen molar-refractivity contribution in [1.29, 1.82) is 0 Å². The number of carbonyl (C=O) groups is 1. The van der Waals surface area contributed by atoms with Crippen LogP contribution < -0.4 is 10.1 Å². The zero-order chi connectivity index (χ0) is 18.0. The number of aromatic nitrogens is 2. The Morgan fingerprint density at radius 2 is 1.88 bits per heavy atom. The number of aryl methyl sites for hydroxylation is 2. The first-order valence-corrected chi connectivity index (χ1v) is 8.43. The highest BCUT2D eigenvalue weighted by Crippen LogP contribution is 2.19. The van der Waals surface area contributed by atoms with Gasteiger partial charge >= 0.3 is 0 Å². The number of carbonyl (C=O) groups excluding carboxylic acids is 1. The van der Waals surface area contributed by atoms with E-state index in [4.69, 9.17) is 4.74 Å². The minimum Gasteiger partial charge on any atom is -0.493 e. The predicted octanol–water partition coefficient (Wildman–Crippen LogP) is 4.24. The molecule has 3 rings (SSSR count). The lowest BCUT2D eigenvalue weighted by Gasteiger charge is -2.10. The molecule has 5 heteroatoms. The first-order chi connectivity index (χ1) is 11.9. The number of fused-ring (bicyclic) bond motifs is 1. The van der Waals surface area contributed by atoms with Gasteiger partial charge in [0.1, 0.15) is 17.1 Å². The van der Waals surface area contributed by atoms with Gasteiger partial charge < -0.3 is 10.1 Å². The summed E-state index contributed by atoms with van der Waals surface area (Å²) in [7, 11) is 0. The van der Waals surface area contributed by atoms with Gasteiger partial charge in [-0.05, 0) is 55.7 Å². The summed E-state index contributed by atoms with van der Waals surface area (Å²) >= 11 is 0. The number of hydrogen-bond acceptors (Lipinski definition) is 3. The number of ether oxygens (including phenoxy) is 1. The summed E-state index contributed by atoms with van der Waals surface area (Å²) in [6.45, 7) is 8.72. The second kappa shape index (κ2) is 6.97. The number of amides is 1. The number of hydrogen-bond donors (Lipinski definition) is 1. The van der Waals surface area contributed by atoms with Crippen LogP contribution in [0.4, 0.5) is 5.69 Å². The van der Waals surface area contributed by atoms with E-state index in [2.05, 4.69) is 24.1 Å². The van der Waals surface area contributed by atoms with E-state index in [1.807, 2.05) is 60.8 Å². The number of rotatable bonds is 5. The largest absolute Gasteiger partial charge is 0.493 e. The molecule has 2 heterocycles. The lowest BCUT2D eigenvalue weighted by molar-refractivity contribution is 0.102. The normalized spacial score (nSPS) is 11.1. The van der Waals surface area contributed by atoms with E-state index >= 15 is 0 Å². The average molecular weight is 337 g/mol. The van der Waals surface area contributed by atoms with E-state index in [0.717, 1.165) is 22.6 Å². The van der Waals surface area contributed by atoms with Gasteiger partial charge in [-0.2, -0.15) is 0 Å². The molecule has 0 spiro atoms. The Balaban J connectivity index is 1.78. The summed E-state index contributed by atoms with van der Waals surface area (Å²) < 4.78 is 7.50. The standard InChI is InChI=1S/C20H23N3O2/c1-13(2)12-25-17-8-6-16(7-9-17)22-20(24)19-15(4)21-18-10-5-14(3)11-23(18)19/h5-11,13H,12H2,1-4H3,(H,22,24). The van der Waals surface area contributed by atoms with Crippen molar-refractivity contribution in [1.82, 2.24) is 9.38 Å². The maximum absolute atomic E-state index is 12.7. The van der Waals surface area contributed by atoms with Crippen molar-refractivity contribution in [3.63, 3.8) is 0 Å². The van der Waals surface area contributed by atoms with Gasteiger partial charge in [-0.15, -0.1) is 0 Å². The van der Waals surface area contributed by atoms with E-state index in [-0.39, 0.29) is 5.91 Å². The number of pyridine rings is 1. The minimum atomic E-state index is -0.175. The van der Waals surface area contributed by atoms with E-state index < -0.39 is 0 Å². The third-order valence-electron chi connectivity index (χ3n) is 3.85. The molecule has 1 N–H and O–H groups in total. The molecular formula is C20H23N3O2. The molecule has 5 nitrogen and oxygen atoms in total. The first kappa shape index (κ1) is 17.0. The quantitative estimate of drug-likeness (QED) is 0.758. The van der Waals surface area contributed by atoms with Gasteiger partial charge in [-0.25, -0.2) is 4.98 Å². The molecule has 3 aromatic rings. The molecule has 0 unspecified atom stereocenters. The molecule has 0 radical (unpaired) electrons. The summed E-state index contributed by atoms with van der Waals surface area (Å²) in [6, 6.07) is 11.3. The van der Waals surface area contributed by atoms with Gasteiger partial charge in [0.25, 0.3) is 5.91 Å². The van der Waals surface area contributed by atoms with Gasteiger partial charge in [0.05, 0.1) is 12.3 Å². The monoisotopic (exact) mass is 337 g/mol. The molecule has 0 aliphatic carbocycles. The zero-order valence-corrected chi connectivity index (χ0v) is 15.0. The Hall–Kier alpha value is -2.82. The molecule has 0 aliphatic rings. The molecule has 1 amide bonds. The highest BCUT2D eigenvalue weighted by atomic mass is 16.5. The molecule has 0 bridgehead atoms. The van der Waals surface area contributed by atoms with Crippen LogP contribution in [0.25, 0.3) is 5.65 Å². The summed E-state index contributed by atoms with van der Waals surface area (Å²) in [6.07, 6.45) is 1.92. The Morgan fingerprint density at radius 1 is 1.16 bits per heavy atom. The highest BCUT2D eigenvalue weighted by Gasteiger charge is 2.16. The molecule has 0 saturated carbocycles. The summed E-state index contributed by atoms with van der Waals surface area (Å²) in [5.74, 6) is 1.10. The lowest BCUT2D eigenvalue weighted by atomic mass is 10.2. The molecule has 25 heavy (non-hydrogen) atoms. The van der Waals surface area contributed by atoms with Crippen LogP contribution in [-0.4, -0.2) is 21.9 Å². The predicted molar refractivity (Wildman–Crippen MR) is 99.4 cm³/mol. The van der Waals surface area contributed by atoms with Crippen LogP contribution in [0.2, 0.25) is 0 Å². The fraction of sp³-hybridized carbons (Fsp3) is 0.300. The second-order valence-corrected chi connectivity index (χ2v) is 6.66. The van der Waals surface area contributed by atoms with Crippen molar-refractivity contribution >= 4 is 17.2 Å². The Kier molecular flexibility index (Phi) is 4.74. The van der Waals surface area contributed by atoms with E-state index in [1.54, 1.807) is 0 Å². The number of nitrogens with zero attached hydrogens (tertiary/aromatic N) is 2. The van der Waals surface area contributed by atoms with Crippen molar-refractivity contribution in [3.8, 4) is 5.75 Å². The maximum Gasteiger partial charge on any atom is 0.274 e. The Bertz CT molecular complexity index is 895. The number of benzene rings is 1. The third kappa shape index (κ3) is 3.82. The Labute approximate surface area is 147 Å². The molecule has 1 aromatic carbocycles. The SMILES string of the molecule is Cc1ccc2nc(C)c(C(=O)Nc3ccc(OCC(C)C)cc3)n2c1. The van der Waals surface area contributed by atoms with Gasteiger partial charge in [-0.1, -0.05) is 19.9 Å². The van der Waals surface area contributed by atoms with E-state index in [0.29, 0.717) is 23.9 Å². The van der Waals surface area contributed by atoms with Crippen LogP contribution in [-0.2, 0) is 0 Å². The Morgan fingerprint density at radius 3 is 2.56 bits per heavy atom. The number of imidazole rings is 1. The highest BCUT2D eigenvalue weighted by molar-refractivity contribution is 6.04. The first-order valence-electron chi connectivity index (χ1n) is 8.43.